The smallest absolute Gasteiger partial charge is 0.475 e. The Kier molecular flexibility index (Phi) is 3.03. The number of aromatic nitrogens is 1. The van der Waals surface area contributed by atoms with Gasteiger partial charge in [0.15, 0.2) is 0 Å². The molecule has 0 radical (unpaired) electrons. The molecule has 0 saturated heterocycles. The van der Waals surface area contributed by atoms with Crippen LogP contribution in [0.15, 0.2) is 18.3 Å². The second-order valence-electron chi connectivity index (χ2n) is 3.17. The van der Waals surface area contributed by atoms with Gasteiger partial charge in [-0.25, -0.2) is 4.98 Å². The topological polar surface area (TPSA) is 22.1 Å². The molecule has 1 heterocycles. The van der Waals surface area contributed by atoms with Gasteiger partial charge in [0.05, 0.1) is 6.10 Å². The Morgan fingerprint density at radius 1 is 1.29 bits per heavy atom. The van der Waals surface area contributed by atoms with Crippen molar-refractivity contribution in [3.05, 3.63) is 18.3 Å². The summed E-state index contributed by atoms with van der Waals surface area (Å²) in [5, 5.41) is 0. The molecule has 0 N–H and O–H groups in total. The molecule has 1 aromatic rings. The minimum absolute atomic E-state index is 0.0928. The fourth-order valence-electron chi connectivity index (χ4n) is 0.897. The summed E-state index contributed by atoms with van der Waals surface area (Å²) < 4.78 is 41.6. The lowest BCUT2D eigenvalue weighted by atomic mass is 9.82. The Balaban J connectivity index is 2.79. The largest absolute Gasteiger partial charge is 0.511 e. The fraction of sp³-hybridized carbons (Fsp3) is 0.375. The summed E-state index contributed by atoms with van der Waals surface area (Å²) in [5.41, 5.74) is -0.707. The summed E-state index contributed by atoms with van der Waals surface area (Å²) in [6.45, 7) is -1.40. The van der Waals surface area contributed by atoms with Crippen molar-refractivity contribution < 1.29 is 17.7 Å². The van der Waals surface area contributed by atoms with Crippen molar-refractivity contribution in [3.8, 4) is 5.88 Å². The van der Waals surface area contributed by atoms with Crippen molar-refractivity contribution in [2.75, 3.05) is 0 Å². The van der Waals surface area contributed by atoms with E-state index >= 15 is 0 Å². The van der Waals surface area contributed by atoms with E-state index in [2.05, 4.69) is 4.98 Å². The Morgan fingerprint density at radius 2 is 1.93 bits per heavy atom. The zero-order chi connectivity index (χ0) is 10.8. The third-order valence-electron chi connectivity index (χ3n) is 1.49. The first kappa shape index (κ1) is 10.9. The van der Waals surface area contributed by atoms with Gasteiger partial charge in [0.2, 0.25) is 5.88 Å². The van der Waals surface area contributed by atoms with Crippen molar-refractivity contribution >= 4 is 12.4 Å². The van der Waals surface area contributed by atoms with Gasteiger partial charge < -0.3 is 17.7 Å². The van der Waals surface area contributed by atoms with Gasteiger partial charge >= 0.3 is 6.98 Å². The lowest BCUT2D eigenvalue weighted by Crippen LogP contribution is -2.34. The van der Waals surface area contributed by atoms with Gasteiger partial charge in [-0.15, -0.1) is 0 Å². The van der Waals surface area contributed by atoms with Gasteiger partial charge in [0.1, 0.15) is 0 Å². The molecule has 0 atom stereocenters. The van der Waals surface area contributed by atoms with Gasteiger partial charge in [-0.2, -0.15) is 0 Å². The van der Waals surface area contributed by atoms with E-state index < -0.39 is 12.4 Å². The predicted octanol–water partition coefficient (Wildman–Crippen LogP) is 1.92. The molecule has 0 aromatic carbocycles. The van der Waals surface area contributed by atoms with E-state index in [1.165, 1.54) is 6.07 Å². The van der Waals surface area contributed by atoms with Crippen LogP contribution in [0.25, 0.3) is 0 Å². The molecule has 0 aliphatic carbocycles. The molecular formula is C8H10BF3NO-. The molecular weight excluding hydrogens is 194 g/mol. The van der Waals surface area contributed by atoms with E-state index in [0.717, 1.165) is 12.3 Å². The van der Waals surface area contributed by atoms with Crippen LogP contribution in [0.5, 0.6) is 5.88 Å². The molecule has 2 nitrogen and oxygen atoms in total. The Labute approximate surface area is 80.2 Å². The molecule has 6 heteroatoms. The van der Waals surface area contributed by atoms with Gasteiger partial charge in [0.25, 0.3) is 0 Å². The fourth-order valence-corrected chi connectivity index (χ4v) is 0.897. The average molecular weight is 204 g/mol. The van der Waals surface area contributed by atoms with Crippen LogP contribution in [-0.2, 0) is 0 Å². The lowest BCUT2D eigenvalue weighted by molar-refractivity contribution is 0.232. The van der Waals surface area contributed by atoms with Crippen LogP contribution < -0.4 is 10.2 Å². The van der Waals surface area contributed by atoms with Crippen LogP contribution in [0.1, 0.15) is 13.8 Å². The van der Waals surface area contributed by atoms with E-state index in [1.807, 2.05) is 0 Å². The molecule has 0 amide bonds. The third-order valence-corrected chi connectivity index (χ3v) is 1.49. The van der Waals surface area contributed by atoms with Crippen molar-refractivity contribution in [3.63, 3.8) is 0 Å². The maximum absolute atomic E-state index is 12.2. The van der Waals surface area contributed by atoms with Crippen LogP contribution in [0.2, 0.25) is 0 Å². The van der Waals surface area contributed by atoms with Crippen LogP contribution in [0.3, 0.4) is 0 Å². The minimum atomic E-state index is -4.96. The molecule has 0 spiro atoms. The maximum atomic E-state index is 12.2. The van der Waals surface area contributed by atoms with E-state index in [-0.39, 0.29) is 12.0 Å². The zero-order valence-electron chi connectivity index (χ0n) is 7.88. The standard InChI is InChI=1S/C8H10BF3NO/c1-6(2)14-8-4-3-7(5-13-8)9(10,11)12/h3-6H,1-2H3/q-1. The minimum Gasteiger partial charge on any atom is -0.475 e. The number of ether oxygens (including phenoxy) is 1. The number of nitrogens with zero attached hydrogens (tertiary/aromatic N) is 1. The van der Waals surface area contributed by atoms with Crippen LogP contribution in [-0.4, -0.2) is 18.1 Å². The van der Waals surface area contributed by atoms with E-state index in [4.69, 9.17) is 4.74 Å². The molecule has 0 aliphatic heterocycles. The van der Waals surface area contributed by atoms with Crippen molar-refractivity contribution in [2.24, 2.45) is 0 Å². The van der Waals surface area contributed by atoms with E-state index in [0.29, 0.717) is 0 Å². The molecule has 0 fully saturated rings. The number of pyridine rings is 1. The summed E-state index contributed by atoms with van der Waals surface area (Å²) in [6.07, 6.45) is 0.697. The van der Waals surface area contributed by atoms with Crippen molar-refractivity contribution in [2.45, 2.75) is 20.0 Å². The van der Waals surface area contributed by atoms with Crippen molar-refractivity contribution in [1.82, 2.24) is 4.98 Å². The highest BCUT2D eigenvalue weighted by atomic mass is 19.4. The highest BCUT2D eigenvalue weighted by Gasteiger charge is 2.25. The molecule has 0 unspecified atom stereocenters. The number of rotatable bonds is 3. The second kappa shape index (κ2) is 3.90. The second-order valence-corrected chi connectivity index (χ2v) is 3.17. The zero-order valence-corrected chi connectivity index (χ0v) is 7.88. The highest BCUT2D eigenvalue weighted by Crippen LogP contribution is 2.11. The van der Waals surface area contributed by atoms with Gasteiger partial charge in [0, 0.05) is 6.20 Å². The number of halogens is 3. The SMILES string of the molecule is CC(C)Oc1ccc([B-](F)(F)F)cn1. The summed E-state index contributed by atoms with van der Waals surface area (Å²) in [5.74, 6) is 0.212. The number of hydrogen-bond acceptors (Lipinski definition) is 2. The lowest BCUT2D eigenvalue weighted by Gasteiger charge is -2.15. The van der Waals surface area contributed by atoms with E-state index in [1.54, 1.807) is 13.8 Å². The van der Waals surface area contributed by atoms with Gasteiger partial charge in [-0.05, 0) is 19.9 Å². The quantitative estimate of drug-likeness (QED) is 0.701. The van der Waals surface area contributed by atoms with Crippen LogP contribution >= 0.6 is 0 Å². The summed E-state index contributed by atoms with van der Waals surface area (Å²) in [6, 6.07) is 2.20. The molecule has 0 saturated carbocycles. The molecule has 1 rings (SSSR count). The molecule has 0 bridgehead atoms. The highest BCUT2D eigenvalue weighted by molar-refractivity contribution is 6.73. The van der Waals surface area contributed by atoms with E-state index in [9.17, 15) is 12.9 Å². The van der Waals surface area contributed by atoms with Crippen LogP contribution in [0.4, 0.5) is 12.9 Å². The first-order valence-electron chi connectivity index (χ1n) is 4.22. The summed E-state index contributed by atoms with van der Waals surface area (Å²) in [7, 11) is 0. The maximum Gasteiger partial charge on any atom is 0.511 e. The molecule has 0 aliphatic rings. The molecule has 14 heavy (non-hydrogen) atoms. The summed E-state index contributed by atoms with van der Waals surface area (Å²) >= 11 is 0. The van der Waals surface area contributed by atoms with Crippen molar-refractivity contribution in [1.29, 1.82) is 0 Å². The first-order valence-corrected chi connectivity index (χ1v) is 4.22. The van der Waals surface area contributed by atoms with Gasteiger partial charge in [-0.1, -0.05) is 11.5 Å². The molecule has 78 valence electrons. The normalized spacial score (nSPS) is 11.9. The number of hydrogen-bond donors (Lipinski definition) is 0. The first-order chi connectivity index (χ1) is 6.39. The summed E-state index contributed by atoms with van der Waals surface area (Å²) in [4.78, 5) is 3.56. The van der Waals surface area contributed by atoms with Crippen LogP contribution in [0, 0.1) is 0 Å². The average Bonchev–Trinajstić information content (AvgIpc) is 2.02. The Morgan fingerprint density at radius 3 is 2.29 bits per heavy atom. The Hall–Kier alpha value is -1.20. The van der Waals surface area contributed by atoms with Gasteiger partial charge in [-0.3, -0.25) is 0 Å². The Bertz CT molecular complexity index is 296. The molecule has 1 aromatic heterocycles. The predicted molar refractivity (Wildman–Crippen MR) is 48.7 cm³/mol. The monoisotopic (exact) mass is 204 g/mol. The third kappa shape index (κ3) is 2.94.